The second-order valence-electron chi connectivity index (χ2n) is 4.30. The van der Waals surface area contributed by atoms with Gasteiger partial charge in [0.1, 0.15) is 0 Å². The van der Waals surface area contributed by atoms with Gasteiger partial charge in [-0.2, -0.15) is 0 Å². The molecule has 96 valence electrons. The van der Waals surface area contributed by atoms with Gasteiger partial charge in [-0.3, -0.25) is 4.90 Å². The average molecular weight is 229 g/mol. The Morgan fingerprint density at radius 3 is 2.31 bits per heavy atom. The Balaban J connectivity index is 3.47. The van der Waals surface area contributed by atoms with Crippen LogP contribution in [0.25, 0.3) is 0 Å². The summed E-state index contributed by atoms with van der Waals surface area (Å²) in [5.41, 5.74) is 0. The molecule has 0 aliphatic heterocycles. The Bertz CT molecular complexity index is 160. The lowest BCUT2D eigenvalue weighted by molar-refractivity contribution is -0.0596. The summed E-state index contributed by atoms with van der Waals surface area (Å²) in [5, 5.41) is 17.8. The first-order valence-corrected chi connectivity index (χ1v) is 6.40. The van der Waals surface area contributed by atoms with Crippen LogP contribution in [-0.2, 0) is 0 Å². The van der Waals surface area contributed by atoms with Crippen LogP contribution in [0.4, 0.5) is 0 Å². The molecule has 0 saturated heterocycles. The molecule has 0 rings (SSSR count). The van der Waals surface area contributed by atoms with Crippen molar-refractivity contribution in [1.82, 2.24) is 4.90 Å². The SMILES string of the molecule is C=CCN(CCCCCCCC)CC(O)O. The number of hydrogen-bond donors (Lipinski definition) is 2. The monoisotopic (exact) mass is 229 g/mol. The van der Waals surface area contributed by atoms with Crippen molar-refractivity contribution in [2.24, 2.45) is 0 Å². The third kappa shape index (κ3) is 10.1. The summed E-state index contributed by atoms with van der Waals surface area (Å²) in [6, 6.07) is 0. The van der Waals surface area contributed by atoms with Crippen LogP contribution in [0.5, 0.6) is 0 Å². The van der Waals surface area contributed by atoms with Crippen molar-refractivity contribution in [1.29, 1.82) is 0 Å². The fourth-order valence-corrected chi connectivity index (χ4v) is 1.79. The second kappa shape index (κ2) is 11.1. The molecule has 0 saturated carbocycles. The van der Waals surface area contributed by atoms with Gasteiger partial charge in [0, 0.05) is 13.1 Å². The van der Waals surface area contributed by atoms with Crippen molar-refractivity contribution in [3.8, 4) is 0 Å². The molecular formula is C13H27NO2. The van der Waals surface area contributed by atoms with Crippen LogP contribution in [0, 0.1) is 0 Å². The normalized spacial score (nSPS) is 11.3. The molecule has 0 bridgehead atoms. The summed E-state index contributed by atoms with van der Waals surface area (Å²) in [6.45, 7) is 7.86. The third-order valence-electron chi connectivity index (χ3n) is 2.64. The molecule has 0 aromatic heterocycles. The van der Waals surface area contributed by atoms with E-state index in [1.165, 1.54) is 32.1 Å². The minimum absolute atomic E-state index is 0.320. The summed E-state index contributed by atoms with van der Waals surface area (Å²) in [5.74, 6) is 0. The Hall–Kier alpha value is -0.380. The Morgan fingerprint density at radius 1 is 1.12 bits per heavy atom. The first-order valence-electron chi connectivity index (χ1n) is 6.40. The quantitative estimate of drug-likeness (QED) is 0.324. The zero-order valence-corrected chi connectivity index (χ0v) is 10.6. The average Bonchev–Trinajstić information content (AvgIpc) is 2.22. The van der Waals surface area contributed by atoms with Crippen molar-refractivity contribution in [2.75, 3.05) is 19.6 Å². The van der Waals surface area contributed by atoms with Crippen LogP contribution in [0.2, 0.25) is 0 Å². The highest BCUT2D eigenvalue weighted by Gasteiger charge is 2.06. The van der Waals surface area contributed by atoms with Crippen LogP contribution in [-0.4, -0.2) is 41.0 Å². The highest BCUT2D eigenvalue weighted by Crippen LogP contribution is 2.06. The van der Waals surface area contributed by atoms with E-state index in [4.69, 9.17) is 10.2 Å². The van der Waals surface area contributed by atoms with E-state index in [0.29, 0.717) is 6.54 Å². The molecule has 0 aromatic carbocycles. The number of hydrogen-bond acceptors (Lipinski definition) is 3. The first kappa shape index (κ1) is 15.6. The largest absolute Gasteiger partial charge is 0.367 e. The second-order valence-corrected chi connectivity index (χ2v) is 4.30. The van der Waals surface area contributed by atoms with E-state index in [1.54, 1.807) is 6.08 Å². The Kier molecular flexibility index (Phi) is 10.9. The topological polar surface area (TPSA) is 43.7 Å². The van der Waals surface area contributed by atoms with E-state index in [-0.39, 0.29) is 0 Å². The lowest BCUT2D eigenvalue weighted by Crippen LogP contribution is -2.33. The predicted octanol–water partition coefficient (Wildman–Crippen LogP) is 2.15. The van der Waals surface area contributed by atoms with Gasteiger partial charge in [0.25, 0.3) is 0 Å². The van der Waals surface area contributed by atoms with Gasteiger partial charge in [0.15, 0.2) is 6.29 Å². The van der Waals surface area contributed by atoms with Gasteiger partial charge < -0.3 is 10.2 Å². The van der Waals surface area contributed by atoms with Crippen LogP contribution in [0.3, 0.4) is 0 Å². The molecule has 0 aliphatic carbocycles. The predicted molar refractivity (Wildman–Crippen MR) is 68.2 cm³/mol. The number of aliphatic hydroxyl groups excluding tert-OH is 1. The van der Waals surface area contributed by atoms with Gasteiger partial charge in [-0.1, -0.05) is 45.1 Å². The van der Waals surface area contributed by atoms with Gasteiger partial charge >= 0.3 is 0 Å². The molecule has 0 unspecified atom stereocenters. The lowest BCUT2D eigenvalue weighted by Gasteiger charge is -2.21. The molecule has 0 amide bonds. The van der Waals surface area contributed by atoms with E-state index in [0.717, 1.165) is 19.5 Å². The molecular weight excluding hydrogens is 202 g/mol. The van der Waals surface area contributed by atoms with Gasteiger partial charge in [-0.25, -0.2) is 0 Å². The number of nitrogens with zero attached hydrogens (tertiary/aromatic N) is 1. The van der Waals surface area contributed by atoms with Crippen LogP contribution >= 0.6 is 0 Å². The summed E-state index contributed by atoms with van der Waals surface area (Å²) in [4.78, 5) is 2.03. The molecule has 0 aliphatic rings. The molecule has 0 fully saturated rings. The molecule has 0 radical (unpaired) electrons. The summed E-state index contributed by atoms with van der Waals surface area (Å²) in [6.07, 6.45) is 8.14. The molecule has 3 nitrogen and oxygen atoms in total. The fourth-order valence-electron chi connectivity index (χ4n) is 1.79. The maximum atomic E-state index is 8.90. The number of unbranched alkanes of at least 4 members (excludes halogenated alkanes) is 5. The molecule has 3 heteroatoms. The summed E-state index contributed by atoms with van der Waals surface area (Å²) < 4.78 is 0. The molecule has 0 atom stereocenters. The number of aliphatic hydroxyl groups is 2. The minimum Gasteiger partial charge on any atom is -0.367 e. The van der Waals surface area contributed by atoms with Crippen molar-refractivity contribution in [3.63, 3.8) is 0 Å². The molecule has 0 aromatic rings. The van der Waals surface area contributed by atoms with Gasteiger partial charge in [0.2, 0.25) is 0 Å². The van der Waals surface area contributed by atoms with Gasteiger partial charge in [-0.15, -0.1) is 6.58 Å². The van der Waals surface area contributed by atoms with Crippen molar-refractivity contribution < 1.29 is 10.2 Å². The lowest BCUT2D eigenvalue weighted by atomic mass is 10.1. The summed E-state index contributed by atoms with van der Waals surface area (Å²) in [7, 11) is 0. The minimum atomic E-state index is -1.24. The van der Waals surface area contributed by atoms with Gasteiger partial charge in [-0.05, 0) is 13.0 Å². The molecule has 0 spiro atoms. The Labute approximate surface area is 99.8 Å². The standard InChI is InChI=1S/C13H27NO2/c1-3-5-6-7-8-9-11-14(10-4-2)12-13(15)16/h4,13,15-16H,2-3,5-12H2,1H3. The van der Waals surface area contributed by atoms with Crippen molar-refractivity contribution >= 4 is 0 Å². The highest BCUT2D eigenvalue weighted by molar-refractivity contribution is 4.73. The molecule has 2 N–H and O–H groups in total. The van der Waals surface area contributed by atoms with Gasteiger partial charge in [0.05, 0.1) is 0 Å². The van der Waals surface area contributed by atoms with E-state index < -0.39 is 6.29 Å². The maximum absolute atomic E-state index is 8.90. The highest BCUT2D eigenvalue weighted by atomic mass is 16.5. The summed E-state index contributed by atoms with van der Waals surface area (Å²) >= 11 is 0. The smallest absolute Gasteiger partial charge is 0.164 e. The Morgan fingerprint density at radius 2 is 1.75 bits per heavy atom. The zero-order chi connectivity index (χ0) is 12.2. The molecule has 0 heterocycles. The third-order valence-corrected chi connectivity index (χ3v) is 2.64. The first-order chi connectivity index (χ1) is 7.70. The van der Waals surface area contributed by atoms with Crippen LogP contribution in [0.1, 0.15) is 45.4 Å². The maximum Gasteiger partial charge on any atom is 0.164 e. The fraction of sp³-hybridized carbons (Fsp3) is 0.846. The van der Waals surface area contributed by atoms with Crippen LogP contribution in [0.15, 0.2) is 12.7 Å². The number of rotatable bonds is 11. The zero-order valence-electron chi connectivity index (χ0n) is 10.6. The van der Waals surface area contributed by atoms with E-state index in [9.17, 15) is 0 Å². The van der Waals surface area contributed by atoms with Crippen molar-refractivity contribution in [2.45, 2.75) is 51.7 Å². The van der Waals surface area contributed by atoms with E-state index >= 15 is 0 Å². The molecule has 16 heavy (non-hydrogen) atoms. The van der Waals surface area contributed by atoms with E-state index in [2.05, 4.69) is 13.5 Å². The van der Waals surface area contributed by atoms with E-state index in [1.807, 2.05) is 4.90 Å². The van der Waals surface area contributed by atoms with Crippen molar-refractivity contribution in [3.05, 3.63) is 12.7 Å². The van der Waals surface area contributed by atoms with Crippen LogP contribution < -0.4 is 0 Å².